The molecule has 0 radical (unpaired) electrons. The van der Waals surface area contributed by atoms with E-state index in [1.165, 1.54) is 25.7 Å². The SMILES string of the molecule is Cc1cnccc1NC(=O)N1CCCNc2ccc(C3CCCC(C)C3)nc21. The highest BCUT2D eigenvalue weighted by Crippen LogP contribution is 2.37. The fourth-order valence-corrected chi connectivity index (χ4v) is 4.30. The molecule has 148 valence electrons. The largest absolute Gasteiger partial charge is 0.382 e. The summed E-state index contributed by atoms with van der Waals surface area (Å²) in [4.78, 5) is 24.0. The molecule has 2 unspecified atom stereocenters. The number of pyridine rings is 2. The van der Waals surface area contributed by atoms with E-state index in [1.54, 1.807) is 17.3 Å². The van der Waals surface area contributed by atoms with E-state index < -0.39 is 0 Å². The Hall–Kier alpha value is -2.63. The van der Waals surface area contributed by atoms with E-state index in [9.17, 15) is 4.79 Å². The summed E-state index contributed by atoms with van der Waals surface area (Å²) < 4.78 is 0. The van der Waals surface area contributed by atoms with Crippen LogP contribution in [-0.2, 0) is 0 Å². The average Bonchev–Trinajstić information content (AvgIpc) is 2.91. The molecular formula is C22H29N5O. The maximum atomic E-state index is 13.1. The van der Waals surface area contributed by atoms with Crippen molar-refractivity contribution in [1.29, 1.82) is 0 Å². The van der Waals surface area contributed by atoms with Gasteiger partial charge < -0.3 is 10.6 Å². The zero-order valence-corrected chi connectivity index (χ0v) is 16.7. The molecule has 4 rings (SSSR count). The number of aryl methyl sites for hydroxylation is 1. The summed E-state index contributed by atoms with van der Waals surface area (Å²) in [5.41, 5.74) is 3.79. The predicted octanol–water partition coefficient (Wildman–Crippen LogP) is 4.93. The van der Waals surface area contributed by atoms with Crippen molar-refractivity contribution in [2.24, 2.45) is 5.92 Å². The topological polar surface area (TPSA) is 70.2 Å². The van der Waals surface area contributed by atoms with E-state index in [0.29, 0.717) is 12.5 Å². The molecule has 1 aliphatic carbocycles. The van der Waals surface area contributed by atoms with Gasteiger partial charge in [0.2, 0.25) is 0 Å². The van der Waals surface area contributed by atoms with Gasteiger partial charge in [0.1, 0.15) is 0 Å². The van der Waals surface area contributed by atoms with Crippen LogP contribution in [0.4, 0.5) is 22.0 Å². The predicted molar refractivity (Wildman–Crippen MR) is 113 cm³/mol. The summed E-state index contributed by atoms with van der Waals surface area (Å²) in [7, 11) is 0. The molecular weight excluding hydrogens is 350 g/mol. The molecule has 2 aromatic heterocycles. The molecule has 1 fully saturated rings. The Morgan fingerprint density at radius 3 is 2.96 bits per heavy atom. The third-order valence-electron chi connectivity index (χ3n) is 5.89. The van der Waals surface area contributed by atoms with Crippen molar-refractivity contribution in [3.8, 4) is 0 Å². The average molecular weight is 380 g/mol. The minimum Gasteiger partial charge on any atom is -0.382 e. The summed E-state index contributed by atoms with van der Waals surface area (Å²) >= 11 is 0. The van der Waals surface area contributed by atoms with Gasteiger partial charge in [0.05, 0.1) is 5.69 Å². The molecule has 2 aromatic rings. The Labute approximate surface area is 166 Å². The van der Waals surface area contributed by atoms with Crippen LogP contribution in [0.5, 0.6) is 0 Å². The van der Waals surface area contributed by atoms with Crippen LogP contribution < -0.4 is 15.5 Å². The fourth-order valence-electron chi connectivity index (χ4n) is 4.30. The number of nitrogens with zero attached hydrogens (tertiary/aromatic N) is 3. The zero-order valence-electron chi connectivity index (χ0n) is 16.7. The minimum atomic E-state index is -0.138. The fraction of sp³-hybridized carbons (Fsp3) is 0.500. The monoisotopic (exact) mass is 379 g/mol. The Morgan fingerprint density at radius 1 is 1.25 bits per heavy atom. The Morgan fingerprint density at radius 2 is 2.14 bits per heavy atom. The number of aromatic nitrogens is 2. The molecule has 28 heavy (non-hydrogen) atoms. The highest BCUT2D eigenvalue weighted by molar-refractivity contribution is 6.03. The lowest BCUT2D eigenvalue weighted by Gasteiger charge is -2.28. The summed E-state index contributed by atoms with van der Waals surface area (Å²) in [5.74, 6) is 1.98. The molecule has 1 aliphatic heterocycles. The van der Waals surface area contributed by atoms with Gasteiger partial charge in [-0.2, -0.15) is 0 Å². The molecule has 2 aliphatic rings. The van der Waals surface area contributed by atoms with Gasteiger partial charge in [-0.05, 0) is 55.9 Å². The van der Waals surface area contributed by atoms with Crippen molar-refractivity contribution in [2.45, 2.75) is 51.9 Å². The third kappa shape index (κ3) is 3.96. The molecule has 0 aromatic carbocycles. The first kappa shape index (κ1) is 18.7. The van der Waals surface area contributed by atoms with Gasteiger partial charge in [-0.15, -0.1) is 0 Å². The molecule has 3 heterocycles. The number of fused-ring (bicyclic) bond motifs is 1. The first-order chi connectivity index (χ1) is 13.6. The van der Waals surface area contributed by atoms with E-state index >= 15 is 0 Å². The summed E-state index contributed by atoms with van der Waals surface area (Å²) in [5, 5.41) is 6.46. The lowest BCUT2D eigenvalue weighted by molar-refractivity contribution is 0.256. The maximum Gasteiger partial charge on any atom is 0.327 e. The second kappa shape index (κ2) is 8.17. The second-order valence-electron chi connectivity index (χ2n) is 8.13. The second-order valence-corrected chi connectivity index (χ2v) is 8.13. The van der Waals surface area contributed by atoms with E-state index in [0.717, 1.165) is 47.3 Å². The third-order valence-corrected chi connectivity index (χ3v) is 5.89. The van der Waals surface area contributed by atoms with Crippen LogP contribution in [0.2, 0.25) is 0 Å². The van der Waals surface area contributed by atoms with Crippen molar-refractivity contribution in [3.63, 3.8) is 0 Å². The highest BCUT2D eigenvalue weighted by atomic mass is 16.2. The number of carbonyl (C=O) groups is 1. The molecule has 2 atom stereocenters. The molecule has 0 saturated heterocycles. The van der Waals surface area contributed by atoms with E-state index in [1.807, 2.05) is 13.0 Å². The maximum absolute atomic E-state index is 13.1. The molecule has 0 spiro atoms. The molecule has 0 bridgehead atoms. The smallest absolute Gasteiger partial charge is 0.327 e. The quantitative estimate of drug-likeness (QED) is 0.776. The lowest BCUT2D eigenvalue weighted by atomic mass is 9.80. The highest BCUT2D eigenvalue weighted by Gasteiger charge is 2.26. The number of carbonyl (C=O) groups excluding carboxylic acids is 1. The summed E-state index contributed by atoms with van der Waals surface area (Å²) in [6.45, 7) is 5.76. The molecule has 2 N–H and O–H groups in total. The molecule has 1 saturated carbocycles. The Kier molecular flexibility index (Phi) is 5.46. The number of nitrogens with one attached hydrogen (secondary N) is 2. The van der Waals surface area contributed by atoms with Crippen LogP contribution in [0, 0.1) is 12.8 Å². The van der Waals surface area contributed by atoms with Gasteiger partial charge >= 0.3 is 6.03 Å². The van der Waals surface area contributed by atoms with Gasteiger partial charge in [0.15, 0.2) is 5.82 Å². The number of rotatable bonds is 2. The summed E-state index contributed by atoms with van der Waals surface area (Å²) in [6.07, 6.45) is 9.27. The first-order valence-corrected chi connectivity index (χ1v) is 10.4. The molecule has 6 heteroatoms. The van der Waals surface area contributed by atoms with Crippen LogP contribution >= 0.6 is 0 Å². The van der Waals surface area contributed by atoms with Crippen LogP contribution in [0.25, 0.3) is 0 Å². The van der Waals surface area contributed by atoms with E-state index in [4.69, 9.17) is 4.98 Å². The van der Waals surface area contributed by atoms with Gasteiger partial charge in [-0.1, -0.05) is 19.8 Å². The molecule has 6 nitrogen and oxygen atoms in total. The van der Waals surface area contributed by atoms with E-state index in [-0.39, 0.29) is 6.03 Å². The van der Waals surface area contributed by atoms with Crippen molar-refractivity contribution in [1.82, 2.24) is 9.97 Å². The lowest BCUT2D eigenvalue weighted by Crippen LogP contribution is -2.36. The van der Waals surface area contributed by atoms with Crippen LogP contribution in [0.15, 0.2) is 30.6 Å². The number of amides is 2. The first-order valence-electron chi connectivity index (χ1n) is 10.4. The van der Waals surface area contributed by atoms with Gasteiger partial charge in [-0.25, -0.2) is 9.78 Å². The van der Waals surface area contributed by atoms with Crippen molar-refractivity contribution < 1.29 is 4.79 Å². The number of hydrogen-bond donors (Lipinski definition) is 2. The Balaban J connectivity index is 1.62. The number of urea groups is 1. The van der Waals surface area contributed by atoms with Crippen LogP contribution in [-0.4, -0.2) is 29.1 Å². The number of hydrogen-bond acceptors (Lipinski definition) is 4. The van der Waals surface area contributed by atoms with Crippen LogP contribution in [0.3, 0.4) is 0 Å². The normalized spacial score (nSPS) is 22.0. The van der Waals surface area contributed by atoms with E-state index in [2.05, 4.69) is 34.7 Å². The standard InChI is InChI=1S/C22H29N5O/c1-15-5-3-6-17(13-15)19-7-8-20-21(25-19)27(12-4-10-24-20)22(28)26-18-9-11-23-14-16(18)2/h7-9,11,14-15,17,24H,3-6,10,12-13H2,1-2H3,(H,23,26,28). The zero-order chi connectivity index (χ0) is 19.5. The molecule has 2 amide bonds. The minimum absolute atomic E-state index is 0.138. The number of anilines is 3. The van der Waals surface area contributed by atoms with Crippen molar-refractivity contribution >= 4 is 23.2 Å². The Bertz CT molecular complexity index is 853. The van der Waals surface area contributed by atoms with Crippen molar-refractivity contribution in [3.05, 3.63) is 41.9 Å². The van der Waals surface area contributed by atoms with Gasteiger partial charge in [0.25, 0.3) is 0 Å². The van der Waals surface area contributed by atoms with Gasteiger partial charge in [-0.3, -0.25) is 9.88 Å². The summed E-state index contributed by atoms with van der Waals surface area (Å²) in [6, 6.07) is 5.93. The van der Waals surface area contributed by atoms with Crippen LogP contribution in [0.1, 0.15) is 56.2 Å². The van der Waals surface area contributed by atoms with Gasteiger partial charge in [0, 0.05) is 42.8 Å². The van der Waals surface area contributed by atoms with Crippen molar-refractivity contribution in [2.75, 3.05) is 28.6 Å².